The maximum Gasteiger partial charge on any atom is 0.320 e. The Balaban J connectivity index is 1.83. The van der Waals surface area contributed by atoms with Gasteiger partial charge in [0.1, 0.15) is 17.6 Å². The summed E-state index contributed by atoms with van der Waals surface area (Å²) in [5, 5.41) is 8.69. The molecule has 21 heavy (non-hydrogen) atoms. The van der Waals surface area contributed by atoms with Gasteiger partial charge in [0.25, 0.3) is 0 Å². The van der Waals surface area contributed by atoms with Crippen LogP contribution in [0.2, 0.25) is 0 Å². The topological polar surface area (TPSA) is 76.5 Å². The van der Waals surface area contributed by atoms with Crippen molar-refractivity contribution >= 4 is 33.7 Å². The fourth-order valence-corrected chi connectivity index (χ4v) is 2.92. The Morgan fingerprint density at radius 1 is 1.29 bits per heavy atom. The maximum absolute atomic E-state index is 10.6. The average molecular weight is 370 g/mol. The van der Waals surface area contributed by atoms with Crippen molar-refractivity contribution in [3.8, 4) is 11.3 Å². The molecule has 0 saturated heterocycles. The largest absolute Gasteiger partial charge is 0.480 e. The Hall–Kier alpha value is -1.24. The third-order valence-corrected chi connectivity index (χ3v) is 4.47. The van der Waals surface area contributed by atoms with Gasteiger partial charge in [0.05, 0.1) is 5.75 Å². The Bertz CT molecular complexity index is 597. The summed E-state index contributed by atoms with van der Waals surface area (Å²) in [5.74, 6) is 2.17. The van der Waals surface area contributed by atoms with Crippen molar-refractivity contribution in [3.05, 3.63) is 46.6 Å². The zero-order chi connectivity index (χ0) is 15.2. The van der Waals surface area contributed by atoms with E-state index < -0.39 is 12.0 Å². The fourth-order valence-electron chi connectivity index (χ4n) is 1.73. The van der Waals surface area contributed by atoms with Gasteiger partial charge < -0.3 is 15.3 Å². The highest BCUT2D eigenvalue weighted by Gasteiger charge is 2.11. The number of halogens is 1. The van der Waals surface area contributed by atoms with Gasteiger partial charge in [-0.15, -0.1) is 0 Å². The van der Waals surface area contributed by atoms with Crippen molar-refractivity contribution in [2.75, 3.05) is 5.75 Å². The molecule has 0 spiro atoms. The number of furan rings is 1. The van der Waals surface area contributed by atoms with Crippen molar-refractivity contribution < 1.29 is 14.3 Å². The summed E-state index contributed by atoms with van der Waals surface area (Å²) in [7, 11) is 0. The molecule has 0 radical (unpaired) electrons. The molecule has 112 valence electrons. The molecule has 0 amide bonds. The van der Waals surface area contributed by atoms with Crippen LogP contribution in [0.15, 0.2) is 45.3 Å². The van der Waals surface area contributed by atoms with E-state index in [0.717, 1.165) is 21.6 Å². The summed E-state index contributed by atoms with van der Waals surface area (Å²) in [6, 6.07) is 11.0. The highest BCUT2D eigenvalue weighted by atomic mass is 79.9. The minimum absolute atomic E-state index is 0.459. The molecule has 0 aliphatic carbocycles. The number of hydrogen-bond acceptors (Lipinski definition) is 4. The Morgan fingerprint density at radius 3 is 2.67 bits per heavy atom. The van der Waals surface area contributed by atoms with Crippen LogP contribution in [0.1, 0.15) is 12.2 Å². The molecule has 6 heteroatoms. The van der Waals surface area contributed by atoms with Gasteiger partial charge in [-0.1, -0.05) is 28.1 Å². The second-order valence-corrected chi connectivity index (χ2v) is 6.58. The quantitative estimate of drug-likeness (QED) is 0.726. The molecule has 1 unspecified atom stereocenters. The monoisotopic (exact) mass is 369 g/mol. The molecule has 0 fully saturated rings. The Kier molecular flexibility index (Phi) is 5.90. The van der Waals surface area contributed by atoms with E-state index >= 15 is 0 Å². The van der Waals surface area contributed by atoms with E-state index in [1.165, 1.54) is 0 Å². The molecule has 3 N–H and O–H groups in total. The van der Waals surface area contributed by atoms with Gasteiger partial charge in [0.2, 0.25) is 0 Å². The van der Waals surface area contributed by atoms with E-state index in [9.17, 15) is 4.79 Å². The minimum Gasteiger partial charge on any atom is -0.480 e. The van der Waals surface area contributed by atoms with Gasteiger partial charge in [0.15, 0.2) is 0 Å². The van der Waals surface area contributed by atoms with E-state index in [1.807, 2.05) is 36.4 Å². The first-order valence-corrected chi connectivity index (χ1v) is 8.42. The number of nitrogens with two attached hydrogens (primary N) is 1. The lowest BCUT2D eigenvalue weighted by molar-refractivity contribution is -0.138. The number of rotatable bonds is 7. The van der Waals surface area contributed by atoms with Crippen LogP contribution in [0.3, 0.4) is 0 Å². The summed E-state index contributed by atoms with van der Waals surface area (Å²) in [4.78, 5) is 10.6. The average Bonchev–Trinajstić information content (AvgIpc) is 2.93. The van der Waals surface area contributed by atoms with E-state index in [4.69, 9.17) is 15.3 Å². The summed E-state index contributed by atoms with van der Waals surface area (Å²) in [6.07, 6.45) is 0.459. The molecule has 1 aromatic carbocycles. The molecule has 1 aromatic heterocycles. The minimum atomic E-state index is -0.953. The van der Waals surface area contributed by atoms with Crippen LogP contribution in [0.5, 0.6) is 0 Å². The molecule has 4 nitrogen and oxygen atoms in total. The lowest BCUT2D eigenvalue weighted by Gasteiger charge is -2.04. The maximum atomic E-state index is 10.6. The highest BCUT2D eigenvalue weighted by molar-refractivity contribution is 9.10. The number of carboxylic acid groups (broad SMARTS) is 1. The first-order chi connectivity index (χ1) is 10.1. The van der Waals surface area contributed by atoms with Gasteiger partial charge in [-0.3, -0.25) is 4.79 Å². The van der Waals surface area contributed by atoms with Crippen molar-refractivity contribution in [2.45, 2.75) is 18.2 Å². The number of thioether (sulfide) groups is 1. The van der Waals surface area contributed by atoms with Gasteiger partial charge in [-0.05, 0) is 36.4 Å². The lowest BCUT2D eigenvalue weighted by Crippen LogP contribution is -2.30. The van der Waals surface area contributed by atoms with Crippen molar-refractivity contribution in [1.82, 2.24) is 0 Å². The van der Waals surface area contributed by atoms with Crippen molar-refractivity contribution in [3.63, 3.8) is 0 Å². The summed E-state index contributed by atoms with van der Waals surface area (Å²) >= 11 is 5.02. The molecule has 0 aliphatic heterocycles. The second kappa shape index (κ2) is 7.68. The van der Waals surface area contributed by atoms with Gasteiger partial charge in [-0.2, -0.15) is 11.8 Å². The molecular weight excluding hydrogens is 354 g/mol. The predicted octanol–water partition coefficient (Wildman–Crippen LogP) is 3.74. The number of aliphatic carboxylic acids is 1. The summed E-state index contributed by atoms with van der Waals surface area (Å²) < 4.78 is 6.81. The van der Waals surface area contributed by atoms with Crippen LogP contribution >= 0.6 is 27.7 Å². The molecule has 1 atom stereocenters. The zero-order valence-corrected chi connectivity index (χ0v) is 13.7. The SMILES string of the molecule is NC(CCSCc1ccc(-c2ccc(Br)cc2)o1)C(=O)O. The Labute approximate surface area is 135 Å². The van der Waals surface area contributed by atoms with E-state index in [-0.39, 0.29) is 0 Å². The molecule has 1 heterocycles. The number of carboxylic acids is 1. The van der Waals surface area contributed by atoms with Gasteiger partial charge >= 0.3 is 5.97 Å². The Morgan fingerprint density at radius 2 is 2.00 bits per heavy atom. The molecular formula is C15H16BrNO3S. The molecule has 0 aliphatic rings. The van der Waals surface area contributed by atoms with Crippen LogP contribution in [0.25, 0.3) is 11.3 Å². The van der Waals surface area contributed by atoms with E-state index in [0.29, 0.717) is 17.9 Å². The summed E-state index contributed by atoms with van der Waals surface area (Å²) in [6.45, 7) is 0. The highest BCUT2D eigenvalue weighted by Crippen LogP contribution is 2.25. The van der Waals surface area contributed by atoms with Gasteiger partial charge in [0, 0.05) is 10.0 Å². The van der Waals surface area contributed by atoms with Crippen LogP contribution in [0.4, 0.5) is 0 Å². The van der Waals surface area contributed by atoms with Crippen LogP contribution in [-0.4, -0.2) is 22.9 Å². The smallest absolute Gasteiger partial charge is 0.320 e. The van der Waals surface area contributed by atoms with Crippen molar-refractivity contribution in [2.24, 2.45) is 5.73 Å². The predicted molar refractivity (Wildman–Crippen MR) is 88.2 cm³/mol. The third kappa shape index (κ3) is 4.91. The van der Waals surface area contributed by atoms with Crippen LogP contribution in [0, 0.1) is 0 Å². The zero-order valence-electron chi connectivity index (χ0n) is 11.3. The molecule has 2 rings (SSSR count). The van der Waals surface area contributed by atoms with Crippen molar-refractivity contribution in [1.29, 1.82) is 0 Å². The van der Waals surface area contributed by atoms with Gasteiger partial charge in [-0.25, -0.2) is 0 Å². The number of carbonyl (C=O) groups is 1. The lowest BCUT2D eigenvalue weighted by atomic mass is 10.2. The standard InChI is InChI=1S/C15H16BrNO3S/c16-11-3-1-10(2-4-11)14-6-5-12(20-14)9-21-8-7-13(17)15(18)19/h1-6,13H,7-9,17H2,(H,18,19). The molecule has 0 bridgehead atoms. The van der Waals surface area contributed by atoms with E-state index in [2.05, 4.69) is 15.9 Å². The van der Waals surface area contributed by atoms with Crippen LogP contribution in [-0.2, 0) is 10.5 Å². The first-order valence-electron chi connectivity index (χ1n) is 6.47. The van der Waals surface area contributed by atoms with E-state index in [1.54, 1.807) is 11.8 Å². The number of hydrogen-bond donors (Lipinski definition) is 2. The number of benzene rings is 1. The molecule has 2 aromatic rings. The second-order valence-electron chi connectivity index (χ2n) is 4.56. The summed E-state index contributed by atoms with van der Waals surface area (Å²) in [5.41, 5.74) is 6.48. The fraction of sp³-hybridized carbons (Fsp3) is 0.267. The normalized spacial score (nSPS) is 12.3. The first kappa shape index (κ1) is 16.1. The third-order valence-electron chi connectivity index (χ3n) is 2.93. The van der Waals surface area contributed by atoms with Crippen LogP contribution < -0.4 is 5.73 Å². The molecule has 0 saturated carbocycles.